The first-order chi connectivity index (χ1) is 8.21. The van der Waals surface area contributed by atoms with Crippen LogP contribution in [0, 0.1) is 0 Å². The van der Waals surface area contributed by atoms with Crippen LogP contribution in [0.25, 0.3) is 0 Å². The third-order valence-electron chi connectivity index (χ3n) is 3.28. The van der Waals surface area contributed by atoms with E-state index in [1.54, 1.807) is 6.08 Å². The summed E-state index contributed by atoms with van der Waals surface area (Å²) in [6.07, 6.45) is 7.27. The minimum absolute atomic E-state index is 0.152. The second-order valence-corrected chi connectivity index (χ2v) is 4.71. The first kappa shape index (κ1) is 12.1. The van der Waals surface area contributed by atoms with Gasteiger partial charge in [0.15, 0.2) is 5.78 Å². The first-order valence-electron chi connectivity index (χ1n) is 6.18. The lowest BCUT2D eigenvalue weighted by Gasteiger charge is -2.26. The van der Waals surface area contributed by atoms with Gasteiger partial charge in [-0.05, 0) is 37.3 Å². The molecule has 0 spiro atoms. The van der Waals surface area contributed by atoms with Gasteiger partial charge in [-0.25, -0.2) is 0 Å². The molecule has 0 aromatic heterocycles. The fourth-order valence-corrected chi connectivity index (χ4v) is 2.26. The van der Waals surface area contributed by atoms with Crippen LogP contribution in [0.3, 0.4) is 0 Å². The molecule has 1 aromatic carbocycles. The predicted octanol–water partition coefficient (Wildman–Crippen LogP) is 2.66. The van der Waals surface area contributed by atoms with E-state index in [0.717, 1.165) is 24.8 Å². The molecule has 0 fully saturated rings. The summed E-state index contributed by atoms with van der Waals surface area (Å²) < 4.78 is 0. The van der Waals surface area contributed by atoms with Crippen molar-refractivity contribution in [3.05, 3.63) is 48.0 Å². The van der Waals surface area contributed by atoms with E-state index in [9.17, 15) is 9.90 Å². The highest BCUT2D eigenvalue weighted by Gasteiger charge is 2.34. The molecular formula is C15H18O2. The van der Waals surface area contributed by atoms with Crippen LogP contribution in [0.5, 0.6) is 0 Å². The van der Waals surface area contributed by atoms with Gasteiger partial charge in [0.25, 0.3) is 0 Å². The number of carbonyl (C=O) groups excluding carboxylic acids is 1. The summed E-state index contributed by atoms with van der Waals surface area (Å²) in [5, 5.41) is 10.5. The standard InChI is InChI=1S/C15H18O2/c16-14-10-6-1-2-7-11-15(14,17)12-13-8-4-3-5-9-13/h3-6,8-10,17H,1-2,7,11-12H2/t15-/m1/s1. The summed E-state index contributed by atoms with van der Waals surface area (Å²) in [6, 6.07) is 9.71. The maximum Gasteiger partial charge on any atom is 0.187 e. The van der Waals surface area contributed by atoms with Crippen LogP contribution in [0.2, 0.25) is 0 Å². The van der Waals surface area contributed by atoms with Crippen molar-refractivity contribution in [3.63, 3.8) is 0 Å². The number of aliphatic hydroxyl groups is 1. The van der Waals surface area contributed by atoms with Crippen LogP contribution in [-0.2, 0) is 11.2 Å². The van der Waals surface area contributed by atoms with E-state index >= 15 is 0 Å². The van der Waals surface area contributed by atoms with Gasteiger partial charge in [0.2, 0.25) is 0 Å². The average molecular weight is 230 g/mol. The minimum Gasteiger partial charge on any atom is -0.381 e. The summed E-state index contributed by atoms with van der Waals surface area (Å²) in [7, 11) is 0. The molecule has 0 heterocycles. The van der Waals surface area contributed by atoms with Crippen LogP contribution in [-0.4, -0.2) is 16.5 Å². The van der Waals surface area contributed by atoms with Crippen molar-refractivity contribution in [1.29, 1.82) is 0 Å². The number of hydrogen-bond acceptors (Lipinski definition) is 2. The number of benzene rings is 1. The molecule has 0 amide bonds. The van der Waals surface area contributed by atoms with Crippen molar-refractivity contribution in [1.82, 2.24) is 0 Å². The molecule has 2 heteroatoms. The van der Waals surface area contributed by atoms with E-state index in [1.807, 2.05) is 36.4 Å². The second-order valence-electron chi connectivity index (χ2n) is 4.71. The quantitative estimate of drug-likeness (QED) is 0.848. The van der Waals surface area contributed by atoms with Gasteiger partial charge in [0.05, 0.1) is 0 Å². The molecule has 0 radical (unpaired) electrons. The number of carbonyl (C=O) groups is 1. The minimum atomic E-state index is -1.21. The molecule has 0 unspecified atom stereocenters. The summed E-state index contributed by atoms with van der Waals surface area (Å²) >= 11 is 0. The van der Waals surface area contributed by atoms with Crippen molar-refractivity contribution < 1.29 is 9.90 Å². The zero-order valence-electron chi connectivity index (χ0n) is 9.93. The molecule has 17 heavy (non-hydrogen) atoms. The molecular weight excluding hydrogens is 212 g/mol. The van der Waals surface area contributed by atoms with E-state index in [2.05, 4.69) is 0 Å². The van der Waals surface area contributed by atoms with Gasteiger partial charge in [-0.15, -0.1) is 0 Å². The van der Waals surface area contributed by atoms with Crippen molar-refractivity contribution in [2.45, 2.75) is 37.7 Å². The molecule has 1 atom stereocenters. The predicted molar refractivity (Wildman–Crippen MR) is 67.7 cm³/mol. The highest BCUT2D eigenvalue weighted by molar-refractivity contribution is 5.97. The lowest BCUT2D eigenvalue weighted by atomic mass is 9.84. The van der Waals surface area contributed by atoms with Gasteiger partial charge in [0.1, 0.15) is 5.60 Å². The van der Waals surface area contributed by atoms with Crippen molar-refractivity contribution in [2.24, 2.45) is 0 Å². The SMILES string of the molecule is O=C1C=CCCCC[C@@]1(O)Cc1ccccc1. The fraction of sp³-hybridized carbons (Fsp3) is 0.400. The second kappa shape index (κ2) is 5.28. The maximum absolute atomic E-state index is 12.0. The first-order valence-corrected chi connectivity index (χ1v) is 6.18. The highest BCUT2D eigenvalue weighted by atomic mass is 16.3. The molecule has 1 N–H and O–H groups in total. The van der Waals surface area contributed by atoms with Gasteiger partial charge in [-0.1, -0.05) is 36.4 Å². The Bertz CT molecular complexity index is 408. The highest BCUT2D eigenvalue weighted by Crippen LogP contribution is 2.24. The molecule has 2 rings (SSSR count). The molecule has 0 saturated carbocycles. The van der Waals surface area contributed by atoms with Crippen molar-refractivity contribution in [2.75, 3.05) is 0 Å². The van der Waals surface area contributed by atoms with E-state index in [0.29, 0.717) is 12.8 Å². The largest absolute Gasteiger partial charge is 0.381 e. The molecule has 1 aliphatic rings. The molecule has 1 aliphatic carbocycles. The Morgan fingerprint density at radius 3 is 2.71 bits per heavy atom. The van der Waals surface area contributed by atoms with Gasteiger partial charge in [-0.3, -0.25) is 4.79 Å². The van der Waals surface area contributed by atoms with E-state index in [-0.39, 0.29) is 5.78 Å². The normalized spacial score (nSPS) is 25.4. The topological polar surface area (TPSA) is 37.3 Å². The monoisotopic (exact) mass is 230 g/mol. The zero-order chi connectivity index (χ0) is 12.1. The van der Waals surface area contributed by atoms with Gasteiger partial charge < -0.3 is 5.11 Å². The maximum atomic E-state index is 12.0. The summed E-state index contributed by atoms with van der Waals surface area (Å²) in [4.78, 5) is 12.0. The molecule has 0 aliphatic heterocycles. The summed E-state index contributed by atoms with van der Waals surface area (Å²) in [5.41, 5.74) is -0.199. The Labute approximate surface area is 102 Å². The van der Waals surface area contributed by atoms with Crippen LogP contribution in [0.1, 0.15) is 31.2 Å². The Hall–Kier alpha value is -1.41. The molecule has 0 bridgehead atoms. The lowest BCUT2D eigenvalue weighted by molar-refractivity contribution is -0.133. The van der Waals surface area contributed by atoms with Crippen LogP contribution in [0.15, 0.2) is 42.5 Å². The van der Waals surface area contributed by atoms with Crippen LogP contribution < -0.4 is 0 Å². The van der Waals surface area contributed by atoms with Crippen LogP contribution >= 0.6 is 0 Å². The van der Waals surface area contributed by atoms with Gasteiger partial charge in [0, 0.05) is 6.42 Å². The third-order valence-corrected chi connectivity index (χ3v) is 3.28. The van der Waals surface area contributed by atoms with Crippen molar-refractivity contribution in [3.8, 4) is 0 Å². The summed E-state index contributed by atoms with van der Waals surface area (Å²) in [5.74, 6) is -0.152. The lowest BCUT2D eigenvalue weighted by Crippen LogP contribution is -2.40. The Balaban J connectivity index is 2.18. The smallest absolute Gasteiger partial charge is 0.187 e. The molecule has 2 nitrogen and oxygen atoms in total. The molecule has 0 saturated heterocycles. The Morgan fingerprint density at radius 1 is 1.18 bits per heavy atom. The Kier molecular flexibility index (Phi) is 3.75. The molecule has 1 aromatic rings. The molecule has 90 valence electrons. The number of allylic oxidation sites excluding steroid dienone is 1. The number of ketones is 1. The Morgan fingerprint density at radius 2 is 1.94 bits per heavy atom. The average Bonchev–Trinajstić information content (AvgIpc) is 2.33. The van der Waals surface area contributed by atoms with Gasteiger partial charge >= 0.3 is 0 Å². The summed E-state index contributed by atoms with van der Waals surface area (Å²) in [6.45, 7) is 0. The third kappa shape index (κ3) is 3.04. The fourth-order valence-electron chi connectivity index (χ4n) is 2.26. The van der Waals surface area contributed by atoms with E-state index in [4.69, 9.17) is 0 Å². The van der Waals surface area contributed by atoms with Gasteiger partial charge in [-0.2, -0.15) is 0 Å². The van der Waals surface area contributed by atoms with Crippen LogP contribution in [0.4, 0.5) is 0 Å². The van der Waals surface area contributed by atoms with E-state index < -0.39 is 5.60 Å². The number of rotatable bonds is 2. The zero-order valence-corrected chi connectivity index (χ0v) is 9.93. The van der Waals surface area contributed by atoms with E-state index in [1.165, 1.54) is 0 Å². The number of hydrogen-bond donors (Lipinski definition) is 1. The van der Waals surface area contributed by atoms with Crippen molar-refractivity contribution >= 4 is 5.78 Å².